The van der Waals surface area contributed by atoms with E-state index in [0.29, 0.717) is 12.6 Å². The molecule has 1 saturated carbocycles. The van der Waals surface area contributed by atoms with Gasteiger partial charge in [-0.25, -0.2) is 13.1 Å². The first-order valence-corrected chi connectivity index (χ1v) is 9.21. The van der Waals surface area contributed by atoms with Crippen LogP contribution in [0.1, 0.15) is 39.5 Å². The van der Waals surface area contributed by atoms with Gasteiger partial charge in [0, 0.05) is 19.1 Å². The topological polar surface area (TPSA) is 61.4 Å². The Bertz CT molecular complexity index is 376. The van der Waals surface area contributed by atoms with Gasteiger partial charge in [0.25, 0.3) is 0 Å². The SMILES string of the molecule is CN(C)CC(C)(C)CNS(=O)(=O)CCCCNC1CC1. The summed E-state index contributed by atoms with van der Waals surface area (Å²) in [6.45, 7) is 6.45. The smallest absolute Gasteiger partial charge is 0.211 e. The molecule has 0 atom stereocenters. The van der Waals surface area contributed by atoms with Gasteiger partial charge in [0.15, 0.2) is 0 Å². The number of nitrogens with zero attached hydrogens (tertiary/aromatic N) is 1. The van der Waals surface area contributed by atoms with Crippen molar-refractivity contribution in [3.05, 3.63) is 0 Å². The molecule has 0 aliphatic heterocycles. The van der Waals surface area contributed by atoms with Crippen LogP contribution in [0.3, 0.4) is 0 Å². The van der Waals surface area contributed by atoms with Crippen molar-refractivity contribution in [3.63, 3.8) is 0 Å². The summed E-state index contributed by atoms with van der Waals surface area (Å²) in [7, 11) is 0.874. The van der Waals surface area contributed by atoms with E-state index in [-0.39, 0.29) is 11.2 Å². The molecule has 1 rings (SSSR count). The third kappa shape index (κ3) is 8.89. The van der Waals surface area contributed by atoms with Gasteiger partial charge < -0.3 is 10.2 Å². The Morgan fingerprint density at radius 1 is 1.20 bits per heavy atom. The van der Waals surface area contributed by atoms with E-state index in [0.717, 1.165) is 25.9 Å². The Balaban J connectivity index is 2.15. The normalized spacial score (nSPS) is 16.9. The zero-order valence-corrected chi connectivity index (χ0v) is 14.2. The predicted octanol–water partition coefficient (Wildman–Crippen LogP) is 1.03. The van der Waals surface area contributed by atoms with Gasteiger partial charge >= 0.3 is 0 Å². The van der Waals surface area contributed by atoms with E-state index >= 15 is 0 Å². The molecule has 0 spiro atoms. The van der Waals surface area contributed by atoms with Crippen LogP contribution in [-0.4, -0.2) is 58.8 Å². The zero-order valence-electron chi connectivity index (χ0n) is 13.4. The van der Waals surface area contributed by atoms with Gasteiger partial charge in [-0.1, -0.05) is 13.8 Å². The average Bonchev–Trinajstić information content (AvgIpc) is 3.09. The minimum atomic E-state index is -3.13. The summed E-state index contributed by atoms with van der Waals surface area (Å²) in [5.74, 6) is 0.234. The maximum atomic E-state index is 11.9. The van der Waals surface area contributed by atoms with Gasteiger partial charge in [0.05, 0.1) is 5.75 Å². The summed E-state index contributed by atoms with van der Waals surface area (Å²) in [6, 6.07) is 0.705. The number of unbranched alkanes of at least 4 members (excludes halogenated alkanes) is 1. The summed E-state index contributed by atoms with van der Waals surface area (Å²) in [4.78, 5) is 2.08. The molecule has 6 heteroatoms. The highest BCUT2D eigenvalue weighted by Gasteiger charge is 2.22. The molecule has 0 heterocycles. The first-order valence-electron chi connectivity index (χ1n) is 7.56. The molecule has 120 valence electrons. The molecule has 1 fully saturated rings. The first-order chi connectivity index (χ1) is 9.20. The van der Waals surface area contributed by atoms with Crippen molar-refractivity contribution in [2.45, 2.75) is 45.6 Å². The standard InChI is InChI=1S/C14H31N3O2S/c1-14(2,12-17(3)4)11-16-20(18,19)10-6-5-9-15-13-7-8-13/h13,15-16H,5-12H2,1-4H3. The molecule has 0 aromatic heterocycles. The summed E-state index contributed by atoms with van der Waals surface area (Å²) >= 11 is 0. The number of hydrogen-bond acceptors (Lipinski definition) is 4. The fraction of sp³-hybridized carbons (Fsp3) is 1.00. The Hall–Kier alpha value is -0.170. The van der Waals surface area contributed by atoms with Crippen LogP contribution in [-0.2, 0) is 10.0 Å². The summed E-state index contributed by atoms with van der Waals surface area (Å²) in [6.07, 6.45) is 4.21. The second-order valence-electron chi connectivity index (χ2n) is 6.98. The third-order valence-electron chi connectivity index (χ3n) is 3.37. The molecule has 5 nitrogen and oxygen atoms in total. The second-order valence-corrected chi connectivity index (χ2v) is 8.90. The Kier molecular flexibility index (Phi) is 6.91. The van der Waals surface area contributed by atoms with Gasteiger partial charge in [-0.3, -0.25) is 0 Å². The van der Waals surface area contributed by atoms with Crippen LogP contribution in [0.25, 0.3) is 0 Å². The minimum Gasteiger partial charge on any atom is -0.314 e. The van der Waals surface area contributed by atoms with E-state index in [1.807, 2.05) is 14.1 Å². The highest BCUT2D eigenvalue weighted by Crippen LogP contribution is 2.18. The van der Waals surface area contributed by atoms with Crippen LogP contribution < -0.4 is 10.0 Å². The van der Waals surface area contributed by atoms with Crippen molar-refractivity contribution in [2.75, 3.05) is 39.5 Å². The zero-order chi connectivity index (χ0) is 15.2. The number of rotatable bonds is 11. The molecular formula is C14H31N3O2S. The fourth-order valence-corrected chi connectivity index (χ4v) is 3.64. The molecule has 0 aromatic carbocycles. The van der Waals surface area contributed by atoms with E-state index in [9.17, 15) is 8.42 Å². The summed E-state index contributed by atoms with van der Waals surface area (Å²) in [5.41, 5.74) is -0.0515. The molecule has 0 bridgehead atoms. The van der Waals surface area contributed by atoms with Crippen molar-refractivity contribution < 1.29 is 8.42 Å². The van der Waals surface area contributed by atoms with Gasteiger partial charge in [0.2, 0.25) is 10.0 Å². The number of nitrogens with one attached hydrogen (secondary N) is 2. The average molecular weight is 305 g/mol. The van der Waals surface area contributed by atoms with E-state index < -0.39 is 10.0 Å². The molecule has 0 saturated heterocycles. The van der Waals surface area contributed by atoms with Crippen LogP contribution >= 0.6 is 0 Å². The van der Waals surface area contributed by atoms with Gasteiger partial charge in [0.1, 0.15) is 0 Å². The molecule has 20 heavy (non-hydrogen) atoms. The minimum absolute atomic E-state index is 0.0515. The highest BCUT2D eigenvalue weighted by molar-refractivity contribution is 7.89. The lowest BCUT2D eigenvalue weighted by atomic mass is 9.93. The third-order valence-corrected chi connectivity index (χ3v) is 4.78. The number of sulfonamides is 1. The van der Waals surface area contributed by atoms with E-state index in [4.69, 9.17) is 0 Å². The van der Waals surface area contributed by atoms with E-state index in [2.05, 4.69) is 28.8 Å². The lowest BCUT2D eigenvalue weighted by Crippen LogP contribution is -2.40. The van der Waals surface area contributed by atoms with E-state index in [1.54, 1.807) is 0 Å². The van der Waals surface area contributed by atoms with Crippen LogP contribution in [0, 0.1) is 5.41 Å². The molecular weight excluding hydrogens is 274 g/mol. The fourth-order valence-electron chi connectivity index (χ4n) is 2.30. The quantitative estimate of drug-likeness (QED) is 0.560. The van der Waals surface area contributed by atoms with Crippen LogP contribution in [0.2, 0.25) is 0 Å². The molecule has 0 unspecified atom stereocenters. The van der Waals surface area contributed by atoms with Gasteiger partial charge in [-0.2, -0.15) is 0 Å². The number of hydrogen-bond donors (Lipinski definition) is 2. The maximum Gasteiger partial charge on any atom is 0.211 e. The second kappa shape index (κ2) is 7.73. The predicted molar refractivity (Wildman–Crippen MR) is 84.4 cm³/mol. The van der Waals surface area contributed by atoms with E-state index in [1.165, 1.54) is 12.8 Å². The highest BCUT2D eigenvalue weighted by atomic mass is 32.2. The van der Waals surface area contributed by atoms with Crippen LogP contribution in [0.15, 0.2) is 0 Å². The summed E-state index contributed by atoms with van der Waals surface area (Å²) < 4.78 is 26.6. The molecule has 1 aliphatic rings. The van der Waals surface area contributed by atoms with Crippen LogP contribution in [0.5, 0.6) is 0 Å². The molecule has 0 amide bonds. The van der Waals surface area contributed by atoms with Gasteiger partial charge in [-0.05, 0) is 51.7 Å². The van der Waals surface area contributed by atoms with Crippen molar-refractivity contribution in [1.82, 2.24) is 14.9 Å². The summed E-state index contributed by atoms with van der Waals surface area (Å²) in [5, 5.41) is 3.40. The lowest BCUT2D eigenvalue weighted by molar-refractivity contribution is 0.242. The molecule has 1 aliphatic carbocycles. The molecule has 0 radical (unpaired) electrons. The Morgan fingerprint density at radius 3 is 2.40 bits per heavy atom. The monoisotopic (exact) mass is 305 g/mol. The van der Waals surface area contributed by atoms with Gasteiger partial charge in [-0.15, -0.1) is 0 Å². The van der Waals surface area contributed by atoms with Crippen molar-refractivity contribution in [2.24, 2.45) is 5.41 Å². The van der Waals surface area contributed by atoms with Crippen LogP contribution in [0.4, 0.5) is 0 Å². The Morgan fingerprint density at radius 2 is 1.85 bits per heavy atom. The maximum absolute atomic E-state index is 11.9. The molecule has 2 N–H and O–H groups in total. The molecule has 0 aromatic rings. The first kappa shape index (κ1) is 17.9. The largest absolute Gasteiger partial charge is 0.314 e. The lowest BCUT2D eigenvalue weighted by Gasteiger charge is -2.28. The van der Waals surface area contributed by atoms with Crippen molar-refractivity contribution in [3.8, 4) is 0 Å². The van der Waals surface area contributed by atoms with Crippen molar-refractivity contribution >= 4 is 10.0 Å². The Labute approximate surface area is 124 Å². The van der Waals surface area contributed by atoms with Crippen molar-refractivity contribution in [1.29, 1.82) is 0 Å².